The second-order valence-electron chi connectivity index (χ2n) is 5.93. The number of para-hydroxylation sites is 1. The van der Waals surface area contributed by atoms with E-state index in [4.69, 9.17) is 16.0 Å². The average molecular weight is 371 g/mol. The van der Waals surface area contributed by atoms with Gasteiger partial charge in [0.2, 0.25) is 0 Å². The van der Waals surface area contributed by atoms with Crippen LogP contribution in [0.15, 0.2) is 46.9 Å². The highest BCUT2D eigenvalue weighted by Gasteiger charge is 2.22. The Bertz CT molecular complexity index is 1070. The van der Waals surface area contributed by atoms with Crippen LogP contribution in [-0.4, -0.2) is 22.8 Å². The molecule has 0 bridgehead atoms. The number of carbonyl (C=O) groups excluding carboxylic acids is 1. The molecule has 0 atom stereocenters. The van der Waals surface area contributed by atoms with Gasteiger partial charge in [-0.3, -0.25) is 4.79 Å². The molecule has 1 amide bonds. The van der Waals surface area contributed by atoms with Crippen LogP contribution in [0.5, 0.6) is 0 Å². The van der Waals surface area contributed by atoms with E-state index < -0.39 is 0 Å². The largest absolute Gasteiger partial charge is 0.451 e. The summed E-state index contributed by atoms with van der Waals surface area (Å²) in [6.07, 6.45) is 0. The fraction of sp³-hybridized carbons (Fsp3) is 0.158. The van der Waals surface area contributed by atoms with Crippen molar-refractivity contribution in [3.63, 3.8) is 0 Å². The molecular formula is C19H15ClN2O2S. The number of thiazole rings is 1. The van der Waals surface area contributed by atoms with Gasteiger partial charge in [0, 0.05) is 23.0 Å². The number of furan rings is 1. The van der Waals surface area contributed by atoms with E-state index >= 15 is 0 Å². The smallest absolute Gasteiger partial charge is 0.290 e. The molecule has 0 saturated carbocycles. The Labute approximate surface area is 153 Å². The zero-order chi connectivity index (χ0) is 17.6. The zero-order valence-electron chi connectivity index (χ0n) is 13.7. The van der Waals surface area contributed by atoms with Crippen LogP contribution in [0.2, 0.25) is 5.02 Å². The van der Waals surface area contributed by atoms with Crippen molar-refractivity contribution in [3.8, 4) is 0 Å². The van der Waals surface area contributed by atoms with E-state index in [9.17, 15) is 4.79 Å². The summed E-state index contributed by atoms with van der Waals surface area (Å²) in [7, 11) is 1.76. The maximum absolute atomic E-state index is 12.8. The van der Waals surface area contributed by atoms with Crippen molar-refractivity contribution >= 4 is 50.0 Å². The van der Waals surface area contributed by atoms with Crippen LogP contribution in [-0.2, 0) is 6.54 Å². The van der Waals surface area contributed by atoms with Crippen LogP contribution in [0, 0.1) is 6.92 Å². The summed E-state index contributed by atoms with van der Waals surface area (Å²) in [6.45, 7) is 2.32. The van der Waals surface area contributed by atoms with Gasteiger partial charge in [-0.25, -0.2) is 4.98 Å². The molecule has 2 aromatic heterocycles. The lowest BCUT2D eigenvalue weighted by Gasteiger charge is -2.14. The van der Waals surface area contributed by atoms with E-state index in [0.29, 0.717) is 22.9 Å². The second-order valence-corrected chi connectivity index (χ2v) is 7.48. The van der Waals surface area contributed by atoms with Gasteiger partial charge in [-0.2, -0.15) is 0 Å². The van der Waals surface area contributed by atoms with Gasteiger partial charge < -0.3 is 9.32 Å². The first-order valence-electron chi connectivity index (χ1n) is 7.81. The molecule has 0 saturated heterocycles. The van der Waals surface area contributed by atoms with Crippen LogP contribution in [0.3, 0.4) is 0 Å². The number of hydrogen-bond donors (Lipinski definition) is 0. The molecule has 0 fully saturated rings. The van der Waals surface area contributed by atoms with Crippen LogP contribution in [0.1, 0.15) is 21.1 Å². The van der Waals surface area contributed by atoms with E-state index in [-0.39, 0.29) is 5.91 Å². The van der Waals surface area contributed by atoms with Gasteiger partial charge >= 0.3 is 0 Å². The van der Waals surface area contributed by atoms with E-state index in [2.05, 4.69) is 4.98 Å². The molecular weight excluding hydrogens is 356 g/mol. The summed E-state index contributed by atoms with van der Waals surface area (Å²) in [5, 5.41) is 2.39. The van der Waals surface area contributed by atoms with Crippen molar-refractivity contribution in [2.45, 2.75) is 13.5 Å². The fourth-order valence-corrected chi connectivity index (χ4v) is 4.03. The zero-order valence-corrected chi connectivity index (χ0v) is 15.3. The van der Waals surface area contributed by atoms with Gasteiger partial charge in [0.05, 0.1) is 16.8 Å². The molecule has 2 heterocycles. The number of aromatic nitrogens is 1. The molecule has 4 aromatic rings. The lowest BCUT2D eigenvalue weighted by atomic mass is 10.1. The number of nitrogens with zero attached hydrogens (tertiary/aromatic N) is 2. The predicted molar refractivity (Wildman–Crippen MR) is 101 cm³/mol. The van der Waals surface area contributed by atoms with Gasteiger partial charge in [0.15, 0.2) is 5.76 Å². The molecule has 0 aliphatic carbocycles. The Morgan fingerprint density at radius 2 is 2.08 bits per heavy atom. The van der Waals surface area contributed by atoms with Crippen LogP contribution < -0.4 is 0 Å². The van der Waals surface area contributed by atoms with Crippen molar-refractivity contribution in [1.29, 1.82) is 0 Å². The average Bonchev–Trinajstić information content (AvgIpc) is 3.15. The first-order chi connectivity index (χ1) is 12.0. The number of hydrogen-bond acceptors (Lipinski definition) is 4. The number of fused-ring (bicyclic) bond motifs is 2. The first-order valence-corrected chi connectivity index (χ1v) is 9.01. The van der Waals surface area contributed by atoms with Crippen molar-refractivity contribution in [1.82, 2.24) is 9.88 Å². The normalized spacial score (nSPS) is 11.3. The SMILES string of the molecule is Cc1c(C(=O)N(C)Cc2nc3ccccc3s2)oc2ccc(Cl)cc12. The molecule has 0 spiro atoms. The highest BCUT2D eigenvalue weighted by atomic mass is 35.5. The molecule has 0 aliphatic rings. The standard InChI is InChI=1S/C19H15ClN2O2S/c1-11-13-9-12(20)7-8-15(13)24-18(11)19(23)22(2)10-17-21-14-5-3-4-6-16(14)25-17/h3-9H,10H2,1-2H3. The van der Waals surface area contributed by atoms with Gasteiger partial charge in [0.25, 0.3) is 5.91 Å². The lowest BCUT2D eigenvalue weighted by molar-refractivity contribution is 0.0755. The quantitative estimate of drug-likeness (QED) is 0.493. The summed E-state index contributed by atoms with van der Waals surface area (Å²) < 4.78 is 6.88. The third-order valence-corrected chi connectivity index (χ3v) is 5.41. The Hall–Kier alpha value is -2.37. The summed E-state index contributed by atoms with van der Waals surface area (Å²) >= 11 is 7.64. The second kappa shape index (κ2) is 6.17. The Balaban J connectivity index is 1.62. The number of rotatable bonds is 3. The summed E-state index contributed by atoms with van der Waals surface area (Å²) in [6, 6.07) is 13.3. The van der Waals surface area contributed by atoms with Crippen LogP contribution in [0.25, 0.3) is 21.2 Å². The van der Waals surface area contributed by atoms with E-state index in [1.165, 1.54) is 0 Å². The molecule has 4 nitrogen and oxygen atoms in total. The van der Waals surface area contributed by atoms with Crippen LogP contribution in [0.4, 0.5) is 0 Å². The Morgan fingerprint density at radius 1 is 1.28 bits per heavy atom. The molecule has 0 unspecified atom stereocenters. The van der Waals surface area contributed by atoms with E-state index in [0.717, 1.165) is 26.2 Å². The number of benzene rings is 2. The third-order valence-electron chi connectivity index (χ3n) is 4.15. The highest BCUT2D eigenvalue weighted by molar-refractivity contribution is 7.18. The third kappa shape index (κ3) is 2.90. The number of halogens is 1. The predicted octanol–water partition coefficient (Wildman–Crippen LogP) is 5.28. The molecule has 6 heteroatoms. The summed E-state index contributed by atoms with van der Waals surface area (Å²) in [4.78, 5) is 19.0. The Kier molecular flexibility index (Phi) is 3.98. The molecule has 0 aliphatic heterocycles. The highest BCUT2D eigenvalue weighted by Crippen LogP contribution is 2.29. The minimum atomic E-state index is -0.163. The van der Waals surface area contributed by atoms with Crippen molar-refractivity contribution < 1.29 is 9.21 Å². The maximum Gasteiger partial charge on any atom is 0.290 e. The monoisotopic (exact) mass is 370 g/mol. The minimum Gasteiger partial charge on any atom is -0.451 e. The Morgan fingerprint density at radius 3 is 2.88 bits per heavy atom. The molecule has 25 heavy (non-hydrogen) atoms. The molecule has 0 radical (unpaired) electrons. The molecule has 126 valence electrons. The molecule has 0 N–H and O–H groups in total. The van der Waals surface area contributed by atoms with Gasteiger partial charge in [0.1, 0.15) is 10.6 Å². The summed E-state index contributed by atoms with van der Waals surface area (Å²) in [5.74, 6) is 0.185. The fourth-order valence-electron chi connectivity index (χ4n) is 2.83. The molecule has 4 rings (SSSR count). The van der Waals surface area contributed by atoms with Crippen LogP contribution >= 0.6 is 22.9 Å². The number of carbonyl (C=O) groups is 1. The van der Waals surface area contributed by atoms with Gasteiger partial charge in [-0.15, -0.1) is 11.3 Å². The number of amides is 1. The van der Waals surface area contributed by atoms with Crippen molar-refractivity contribution in [3.05, 3.63) is 63.8 Å². The van der Waals surface area contributed by atoms with Gasteiger partial charge in [-0.1, -0.05) is 23.7 Å². The maximum atomic E-state index is 12.8. The molecule has 2 aromatic carbocycles. The van der Waals surface area contributed by atoms with Gasteiger partial charge in [-0.05, 0) is 37.3 Å². The van der Waals surface area contributed by atoms with E-state index in [1.54, 1.807) is 35.4 Å². The van der Waals surface area contributed by atoms with Crippen molar-refractivity contribution in [2.75, 3.05) is 7.05 Å². The number of aryl methyl sites for hydroxylation is 1. The first kappa shape index (κ1) is 16.1. The van der Waals surface area contributed by atoms with E-state index in [1.807, 2.05) is 37.3 Å². The lowest BCUT2D eigenvalue weighted by Crippen LogP contribution is -2.26. The minimum absolute atomic E-state index is 0.163. The topological polar surface area (TPSA) is 46.3 Å². The summed E-state index contributed by atoms with van der Waals surface area (Å²) in [5.41, 5.74) is 2.43. The van der Waals surface area contributed by atoms with Crippen molar-refractivity contribution in [2.24, 2.45) is 0 Å².